The maximum absolute atomic E-state index is 9.17. The minimum atomic E-state index is -0.0507. The number of pyridine rings is 1. The van der Waals surface area contributed by atoms with Crippen LogP contribution in [0, 0.1) is 0 Å². The summed E-state index contributed by atoms with van der Waals surface area (Å²) in [6.07, 6.45) is 4.26. The summed E-state index contributed by atoms with van der Waals surface area (Å²) < 4.78 is 5.68. The monoisotopic (exact) mass is 229 g/mol. The van der Waals surface area contributed by atoms with Crippen molar-refractivity contribution in [2.75, 3.05) is 0 Å². The van der Waals surface area contributed by atoms with Crippen molar-refractivity contribution in [3.05, 3.63) is 53.9 Å². The first-order valence-corrected chi connectivity index (χ1v) is 5.64. The molecular weight excluding hydrogens is 214 g/mol. The summed E-state index contributed by atoms with van der Waals surface area (Å²) in [6.45, 7) is 2.06. The summed E-state index contributed by atoms with van der Waals surface area (Å²) in [6, 6.07) is 9.66. The number of hydrogen-bond donors (Lipinski definition) is 1. The molecule has 0 saturated carbocycles. The standard InChI is InChI=1S/C14H15NO2/c1-2-11-3-5-13(6-4-11)17-14-9-15-8-7-12(14)10-16/h3-9,16H,2,10H2,1H3. The lowest BCUT2D eigenvalue weighted by Crippen LogP contribution is -1.92. The molecule has 1 N–H and O–H groups in total. The van der Waals surface area contributed by atoms with Crippen molar-refractivity contribution in [3.8, 4) is 11.5 Å². The van der Waals surface area contributed by atoms with Gasteiger partial charge in [-0.15, -0.1) is 0 Å². The van der Waals surface area contributed by atoms with Crippen LogP contribution in [0.5, 0.6) is 11.5 Å². The van der Waals surface area contributed by atoms with Crippen molar-refractivity contribution in [1.29, 1.82) is 0 Å². The van der Waals surface area contributed by atoms with Gasteiger partial charge in [-0.2, -0.15) is 0 Å². The van der Waals surface area contributed by atoms with Crippen LogP contribution in [0.1, 0.15) is 18.1 Å². The van der Waals surface area contributed by atoms with E-state index in [0.717, 1.165) is 17.7 Å². The zero-order chi connectivity index (χ0) is 12.1. The highest BCUT2D eigenvalue weighted by Crippen LogP contribution is 2.24. The Bertz CT molecular complexity index is 480. The average molecular weight is 229 g/mol. The van der Waals surface area contributed by atoms with Crippen LogP contribution in [0.15, 0.2) is 42.7 Å². The molecule has 0 amide bonds. The SMILES string of the molecule is CCc1ccc(Oc2cnccc2CO)cc1. The van der Waals surface area contributed by atoms with Crippen molar-refractivity contribution in [2.24, 2.45) is 0 Å². The van der Waals surface area contributed by atoms with E-state index in [2.05, 4.69) is 11.9 Å². The Labute approximate surface area is 101 Å². The second kappa shape index (κ2) is 5.46. The fraction of sp³-hybridized carbons (Fsp3) is 0.214. The van der Waals surface area contributed by atoms with Crippen LogP contribution in [0.2, 0.25) is 0 Å². The number of aromatic nitrogens is 1. The van der Waals surface area contributed by atoms with Crippen LogP contribution >= 0.6 is 0 Å². The van der Waals surface area contributed by atoms with Crippen LogP contribution in [-0.2, 0) is 13.0 Å². The Morgan fingerprint density at radius 3 is 2.59 bits per heavy atom. The molecule has 0 aliphatic heterocycles. The van der Waals surface area contributed by atoms with Crippen molar-refractivity contribution in [2.45, 2.75) is 20.0 Å². The quantitative estimate of drug-likeness (QED) is 0.876. The van der Waals surface area contributed by atoms with Gasteiger partial charge in [-0.1, -0.05) is 19.1 Å². The lowest BCUT2D eigenvalue weighted by atomic mass is 10.2. The minimum absolute atomic E-state index is 0.0507. The summed E-state index contributed by atoms with van der Waals surface area (Å²) in [4.78, 5) is 3.99. The average Bonchev–Trinajstić information content (AvgIpc) is 2.40. The van der Waals surface area contributed by atoms with E-state index in [4.69, 9.17) is 4.74 Å². The molecule has 0 bridgehead atoms. The van der Waals surface area contributed by atoms with Gasteiger partial charge in [-0.3, -0.25) is 4.98 Å². The summed E-state index contributed by atoms with van der Waals surface area (Å²) in [7, 11) is 0. The smallest absolute Gasteiger partial charge is 0.151 e. The highest BCUT2D eigenvalue weighted by molar-refractivity contribution is 5.36. The number of aliphatic hydroxyl groups is 1. The lowest BCUT2D eigenvalue weighted by molar-refractivity contribution is 0.276. The van der Waals surface area contributed by atoms with E-state index < -0.39 is 0 Å². The Kier molecular flexibility index (Phi) is 3.73. The van der Waals surface area contributed by atoms with Crippen molar-refractivity contribution in [1.82, 2.24) is 4.98 Å². The topological polar surface area (TPSA) is 42.4 Å². The highest BCUT2D eigenvalue weighted by atomic mass is 16.5. The normalized spacial score (nSPS) is 10.2. The van der Waals surface area contributed by atoms with Gasteiger partial charge < -0.3 is 9.84 Å². The second-order valence-electron chi connectivity index (χ2n) is 3.74. The van der Waals surface area contributed by atoms with Gasteiger partial charge in [-0.05, 0) is 30.2 Å². The molecule has 0 radical (unpaired) electrons. The minimum Gasteiger partial charge on any atom is -0.455 e. The van der Waals surface area contributed by atoms with Gasteiger partial charge in [0.2, 0.25) is 0 Å². The molecule has 0 saturated heterocycles. The van der Waals surface area contributed by atoms with E-state index in [1.165, 1.54) is 5.56 Å². The first-order chi connectivity index (χ1) is 8.33. The molecule has 0 fully saturated rings. The molecule has 1 heterocycles. The molecule has 0 aliphatic rings. The molecule has 17 heavy (non-hydrogen) atoms. The maximum atomic E-state index is 9.17. The molecule has 0 aliphatic carbocycles. The fourth-order valence-electron chi connectivity index (χ4n) is 1.55. The van der Waals surface area contributed by atoms with Gasteiger partial charge in [0, 0.05) is 11.8 Å². The second-order valence-corrected chi connectivity index (χ2v) is 3.74. The summed E-state index contributed by atoms with van der Waals surface area (Å²) >= 11 is 0. The van der Waals surface area contributed by atoms with Crippen LogP contribution in [0.3, 0.4) is 0 Å². The van der Waals surface area contributed by atoms with E-state index in [9.17, 15) is 5.11 Å². The highest BCUT2D eigenvalue weighted by Gasteiger charge is 2.03. The maximum Gasteiger partial charge on any atom is 0.151 e. The van der Waals surface area contributed by atoms with Gasteiger partial charge in [-0.25, -0.2) is 0 Å². The predicted molar refractivity (Wildman–Crippen MR) is 66.1 cm³/mol. The molecule has 2 rings (SSSR count). The van der Waals surface area contributed by atoms with Gasteiger partial charge >= 0.3 is 0 Å². The Morgan fingerprint density at radius 2 is 1.94 bits per heavy atom. The number of ether oxygens (including phenoxy) is 1. The lowest BCUT2D eigenvalue weighted by Gasteiger charge is -2.09. The Morgan fingerprint density at radius 1 is 1.18 bits per heavy atom. The van der Waals surface area contributed by atoms with E-state index in [-0.39, 0.29) is 6.61 Å². The largest absolute Gasteiger partial charge is 0.455 e. The fourth-order valence-corrected chi connectivity index (χ4v) is 1.55. The molecule has 1 aromatic carbocycles. The Hall–Kier alpha value is -1.87. The molecule has 2 aromatic rings. The van der Waals surface area contributed by atoms with Crippen LogP contribution in [-0.4, -0.2) is 10.1 Å². The van der Waals surface area contributed by atoms with E-state index in [1.807, 2.05) is 24.3 Å². The number of benzene rings is 1. The number of hydrogen-bond acceptors (Lipinski definition) is 3. The molecule has 0 unspecified atom stereocenters. The van der Waals surface area contributed by atoms with Crippen molar-refractivity contribution < 1.29 is 9.84 Å². The third-order valence-electron chi connectivity index (χ3n) is 2.60. The zero-order valence-corrected chi connectivity index (χ0v) is 9.76. The summed E-state index contributed by atoms with van der Waals surface area (Å²) in [5.74, 6) is 1.35. The zero-order valence-electron chi connectivity index (χ0n) is 9.76. The molecular formula is C14H15NO2. The molecule has 1 aromatic heterocycles. The van der Waals surface area contributed by atoms with Crippen molar-refractivity contribution >= 4 is 0 Å². The number of aryl methyl sites for hydroxylation is 1. The summed E-state index contributed by atoms with van der Waals surface area (Å²) in [5, 5.41) is 9.17. The Balaban J connectivity index is 2.19. The summed E-state index contributed by atoms with van der Waals surface area (Å²) in [5.41, 5.74) is 2.01. The van der Waals surface area contributed by atoms with Crippen LogP contribution in [0.4, 0.5) is 0 Å². The predicted octanol–water partition coefficient (Wildman–Crippen LogP) is 2.93. The van der Waals surface area contributed by atoms with Crippen LogP contribution < -0.4 is 4.74 Å². The van der Waals surface area contributed by atoms with E-state index >= 15 is 0 Å². The van der Waals surface area contributed by atoms with Gasteiger partial charge in [0.05, 0.1) is 12.8 Å². The molecule has 88 valence electrons. The van der Waals surface area contributed by atoms with Gasteiger partial charge in [0.25, 0.3) is 0 Å². The third-order valence-corrected chi connectivity index (χ3v) is 2.60. The number of aliphatic hydroxyl groups excluding tert-OH is 1. The van der Waals surface area contributed by atoms with E-state index in [0.29, 0.717) is 5.75 Å². The van der Waals surface area contributed by atoms with Gasteiger partial charge in [0.15, 0.2) is 5.75 Å². The van der Waals surface area contributed by atoms with Gasteiger partial charge in [0.1, 0.15) is 5.75 Å². The van der Waals surface area contributed by atoms with E-state index in [1.54, 1.807) is 18.5 Å². The first kappa shape index (κ1) is 11.6. The van der Waals surface area contributed by atoms with Crippen LogP contribution in [0.25, 0.3) is 0 Å². The molecule has 0 atom stereocenters. The third kappa shape index (κ3) is 2.82. The number of nitrogens with zero attached hydrogens (tertiary/aromatic N) is 1. The first-order valence-electron chi connectivity index (χ1n) is 5.64. The molecule has 3 heteroatoms. The molecule has 3 nitrogen and oxygen atoms in total. The number of rotatable bonds is 4. The van der Waals surface area contributed by atoms with Crippen molar-refractivity contribution in [3.63, 3.8) is 0 Å². The molecule has 0 spiro atoms.